The number of methoxy groups -OCH3 is 1. The third kappa shape index (κ3) is 2.90. The topological polar surface area (TPSA) is 82.2 Å². The Labute approximate surface area is 117 Å². The fourth-order valence-electron chi connectivity index (χ4n) is 1.98. The molecule has 1 aromatic carbocycles. The van der Waals surface area contributed by atoms with Crippen LogP contribution in [0.3, 0.4) is 0 Å². The Kier molecular flexibility index (Phi) is 4.24. The quantitative estimate of drug-likeness (QED) is 0.838. The van der Waals surface area contributed by atoms with Crippen LogP contribution >= 0.6 is 0 Å². The van der Waals surface area contributed by atoms with Gasteiger partial charge in [0.25, 0.3) is 0 Å². The molecule has 0 saturated heterocycles. The highest BCUT2D eigenvalue weighted by Crippen LogP contribution is 2.25. The van der Waals surface area contributed by atoms with Crippen LogP contribution in [0.5, 0.6) is 5.75 Å². The Morgan fingerprint density at radius 2 is 2.25 bits per heavy atom. The molecule has 20 heavy (non-hydrogen) atoms. The molecule has 0 saturated carbocycles. The van der Waals surface area contributed by atoms with Crippen LogP contribution in [0.15, 0.2) is 30.5 Å². The Morgan fingerprint density at radius 1 is 1.45 bits per heavy atom. The molecular formula is C14H18N4O2. The summed E-state index contributed by atoms with van der Waals surface area (Å²) in [6.45, 7) is 3.43. The van der Waals surface area contributed by atoms with Gasteiger partial charge >= 0.3 is 0 Å². The summed E-state index contributed by atoms with van der Waals surface area (Å²) in [5, 5.41) is 7.45. The SMILES string of the molecule is CCn1nccc1CNc1cc(C(N)=O)ccc1OC. The van der Waals surface area contributed by atoms with Crippen molar-refractivity contribution in [3.8, 4) is 5.75 Å². The van der Waals surface area contributed by atoms with Gasteiger partial charge < -0.3 is 15.8 Å². The van der Waals surface area contributed by atoms with Crippen molar-refractivity contribution < 1.29 is 9.53 Å². The van der Waals surface area contributed by atoms with Gasteiger partial charge in [0.1, 0.15) is 5.75 Å². The molecule has 0 unspecified atom stereocenters. The number of carbonyl (C=O) groups is 1. The highest BCUT2D eigenvalue weighted by molar-refractivity contribution is 5.94. The molecule has 0 atom stereocenters. The largest absolute Gasteiger partial charge is 0.495 e. The van der Waals surface area contributed by atoms with E-state index in [0.29, 0.717) is 17.9 Å². The Morgan fingerprint density at radius 3 is 2.90 bits per heavy atom. The number of primary amides is 1. The lowest BCUT2D eigenvalue weighted by atomic mass is 10.1. The van der Waals surface area contributed by atoms with Gasteiger partial charge in [0.05, 0.1) is 25.0 Å². The third-order valence-electron chi connectivity index (χ3n) is 3.05. The maximum atomic E-state index is 11.2. The van der Waals surface area contributed by atoms with Gasteiger partial charge in [0.15, 0.2) is 0 Å². The van der Waals surface area contributed by atoms with Gasteiger partial charge in [-0.3, -0.25) is 9.48 Å². The van der Waals surface area contributed by atoms with Crippen LogP contribution in [-0.2, 0) is 13.1 Å². The standard InChI is InChI=1S/C14H18N4O2/c1-3-18-11(6-7-17-18)9-16-12-8-10(14(15)19)4-5-13(12)20-2/h4-8,16H,3,9H2,1-2H3,(H2,15,19). The lowest BCUT2D eigenvalue weighted by Gasteiger charge is -2.12. The Balaban J connectivity index is 2.19. The maximum Gasteiger partial charge on any atom is 0.248 e. The molecule has 3 N–H and O–H groups in total. The van der Waals surface area contributed by atoms with E-state index in [1.54, 1.807) is 31.5 Å². The Hall–Kier alpha value is -2.50. The van der Waals surface area contributed by atoms with Gasteiger partial charge in [-0.1, -0.05) is 0 Å². The zero-order valence-corrected chi connectivity index (χ0v) is 11.6. The van der Waals surface area contributed by atoms with Gasteiger partial charge in [-0.25, -0.2) is 0 Å². The number of aryl methyl sites for hydroxylation is 1. The first-order valence-electron chi connectivity index (χ1n) is 6.38. The normalized spacial score (nSPS) is 10.3. The summed E-state index contributed by atoms with van der Waals surface area (Å²) in [7, 11) is 1.58. The molecule has 1 amide bonds. The van der Waals surface area contributed by atoms with Crippen LogP contribution in [0.2, 0.25) is 0 Å². The van der Waals surface area contributed by atoms with Crippen molar-refractivity contribution in [3.63, 3.8) is 0 Å². The first kappa shape index (κ1) is 13.9. The number of nitrogens with one attached hydrogen (secondary N) is 1. The van der Waals surface area contributed by atoms with Crippen molar-refractivity contribution in [1.29, 1.82) is 0 Å². The molecule has 0 aliphatic carbocycles. The lowest BCUT2D eigenvalue weighted by Crippen LogP contribution is -2.12. The maximum absolute atomic E-state index is 11.2. The van der Waals surface area contributed by atoms with Gasteiger partial charge in [-0.05, 0) is 31.2 Å². The second kappa shape index (κ2) is 6.10. The van der Waals surface area contributed by atoms with E-state index < -0.39 is 5.91 Å². The minimum absolute atomic E-state index is 0.442. The fourth-order valence-corrected chi connectivity index (χ4v) is 1.98. The highest BCUT2D eigenvalue weighted by atomic mass is 16.5. The molecule has 0 spiro atoms. The molecule has 0 radical (unpaired) electrons. The van der Waals surface area contributed by atoms with E-state index in [4.69, 9.17) is 10.5 Å². The summed E-state index contributed by atoms with van der Waals surface area (Å²) in [5.74, 6) is 0.201. The summed E-state index contributed by atoms with van der Waals surface area (Å²) < 4.78 is 7.17. The zero-order chi connectivity index (χ0) is 14.5. The van der Waals surface area contributed by atoms with E-state index in [0.717, 1.165) is 17.9 Å². The number of nitrogens with zero attached hydrogens (tertiary/aromatic N) is 2. The first-order valence-corrected chi connectivity index (χ1v) is 6.38. The third-order valence-corrected chi connectivity index (χ3v) is 3.05. The molecule has 2 aromatic rings. The predicted octanol–water partition coefficient (Wildman–Crippen LogP) is 1.62. The van der Waals surface area contributed by atoms with Crippen LogP contribution in [0, 0.1) is 0 Å². The second-order valence-corrected chi connectivity index (χ2v) is 4.27. The van der Waals surface area contributed by atoms with Crippen molar-refractivity contribution >= 4 is 11.6 Å². The van der Waals surface area contributed by atoms with Gasteiger partial charge in [-0.2, -0.15) is 5.10 Å². The number of aromatic nitrogens is 2. The van der Waals surface area contributed by atoms with E-state index in [2.05, 4.69) is 10.4 Å². The average Bonchev–Trinajstić information content (AvgIpc) is 2.92. The molecule has 1 aromatic heterocycles. The minimum atomic E-state index is -0.464. The van der Waals surface area contributed by atoms with Crippen molar-refractivity contribution in [3.05, 3.63) is 41.7 Å². The molecule has 6 nitrogen and oxygen atoms in total. The lowest BCUT2D eigenvalue weighted by molar-refractivity contribution is 0.100. The van der Waals surface area contributed by atoms with Crippen molar-refractivity contribution in [2.24, 2.45) is 5.73 Å². The molecule has 0 aliphatic rings. The van der Waals surface area contributed by atoms with Gasteiger partial charge in [0, 0.05) is 18.3 Å². The molecule has 6 heteroatoms. The molecule has 0 aliphatic heterocycles. The minimum Gasteiger partial charge on any atom is -0.495 e. The van der Waals surface area contributed by atoms with E-state index in [1.807, 2.05) is 17.7 Å². The zero-order valence-electron chi connectivity index (χ0n) is 11.6. The van der Waals surface area contributed by atoms with Gasteiger partial charge in [0.2, 0.25) is 5.91 Å². The number of hydrogen-bond acceptors (Lipinski definition) is 4. The molecule has 1 heterocycles. The fraction of sp³-hybridized carbons (Fsp3) is 0.286. The molecule has 2 rings (SSSR count). The predicted molar refractivity (Wildman–Crippen MR) is 76.7 cm³/mol. The number of hydrogen-bond donors (Lipinski definition) is 2. The first-order chi connectivity index (χ1) is 9.65. The van der Waals surface area contributed by atoms with Crippen LogP contribution < -0.4 is 15.8 Å². The van der Waals surface area contributed by atoms with E-state index in [9.17, 15) is 4.79 Å². The number of carbonyl (C=O) groups excluding carboxylic acids is 1. The Bertz CT molecular complexity index is 607. The summed E-state index contributed by atoms with van der Waals surface area (Å²) >= 11 is 0. The van der Waals surface area contributed by atoms with Crippen LogP contribution in [0.1, 0.15) is 23.0 Å². The van der Waals surface area contributed by atoms with Crippen LogP contribution in [-0.4, -0.2) is 22.8 Å². The smallest absolute Gasteiger partial charge is 0.248 e. The summed E-state index contributed by atoms with van der Waals surface area (Å²) in [5.41, 5.74) is 7.51. The molecule has 0 fully saturated rings. The highest BCUT2D eigenvalue weighted by Gasteiger charge is 2.08. The van der Waals surface area contributed by atoms with Crippen molar-refractivity contribution in [2.75, 3.05) is 12.4 Å². The number of nitrogens with two attached hydrogens (primary N) is 1. The molecule has 106 valence electrons. The summed E-state index contributed by atoms with van der Waals surface area (Å²) in [6, 6.07) is 7.00. The second-order valence-electron chi connectivity index (χ2n) is 4.27. The van der Waals surface area contributed by atoms with Gasteiger partial charge in [-0.15, -0.1) is 0 Å². The van der Waals surface area contributed by atoms with E-state index in [1.165, 1.54) is 0 Å². The van der Waals surface area contributed by atoms with Crippen LogP contribution in [0.25, 0.3) is 0 Å². The average molecular weight is 274 g/mol. The molecule has 0 bridgehead atoms. The number of anilines is 1. The van der Waals surface area contributed by atoms with Crippen molar-refractivity contribution in [1.82, 2.24) is 9.78 Å². The number of ether oxygens (including phenoxy) is 1. The number of benzene rings is 1. The summed E-state index contributed by atoms with van der Waals surface area (Å²) in [6.07, 6.45) is 1.76. The number of amides is 1. The molecular weight excluding hydrogens is 256 g/mol. The van der Waals surface area contributed by atoms with Crippen LogP contribution in [0.4, 0.5) is 5.69 Å². The summed E-state index contributed by atoms with van der Waals surface area (Å²) in [4.78, 5) is 11.2. The van der Waals surface area contributed by atoms with E-state index >= 15 is 0 Å². The monoisotopic (exact) mass is 274 g/mol. The number of rotatable bonds is 6. The van der Waals surface area contributed by atoms with Crippen molar-refractivity contribution in [2.45, 2.75) is 20.0 Å². The van der Waals surface area contributed by atoms with E-state index in [-0.39, 0.29) is 0 Å².